The van der Waals surface area contributed by atoms with E-state index >= 15 is 0 Å². The monoisotopic (exact) mass is 330 g/mol. The Morgan fingerprint density at radius 2 is 1.85 bits per heavy atom. The van der Waals surface area contributed by atoms with Crippen LogP contribution in [0, 0.1) is 0 Å². The Morgan fingerprint density at radius 1 is 1.10 bits per heavy atom. The van der Waals surface area contributed by atoms with Crippen LogP contribution >= 0.6 is 15.9 Å². The maximum absolute atomic E-state index is 11.5. The molecule has 0 bridgehead atoms. The molecule has 102 valence electrons. The van der Waals surface area contributed by atoms with E-state index in [1.807, 2.05) is 30.3 Å². The number of carboxylic acid groups (broad SMARTS) is 1. The van der Waals surface area contributed by atoms with Crippen LogP contribution in [0.5, 0.6) is 0 Å². The van der Waals surface area contributed by atoms with E-state index in [2.05, 4.69) is 22.0 Å². The molecule has 2 aromatic rings. The number of aromatic carboxylic acids is 1. The van der Waals surface area contributed by atoms with E-state index in [0.29, 0.717) is 11.5 Å². The number of carboxylic acids is 1. The molecule has 3 heteroatoms. The topological polar surface area (TPSA) is 37.3 Å². The summed E-state index contributed by atoms with van der Waals surface area (Å²) in [7, 11) is 0. The predicted octanol–water partition coefficient (Wildman–Crippen LogP) is 5.08. The summed E-state index contributed by atoms with van der Waals surface area (Å²) < 4.78 is 0.791. The summed E-state index contributed by atoms with van der Waals surface area (Å²) in [6.45, 7) is 0. The molecule has 0 radical (unpaired) electrons. The fourth-order valence-corrected chi connectivity index (χ4v) is 3.11. The maximum atomic E-state index is 11.5. The highest BCUT2D eigenvalue weighted by Gasteiger charge is 2.23. The Hall–Kier alpha value is -1.61. The number of carbonyl (C=O) groups is 1. The van der Waals surface area contributed by atoms with Gasteiger partial charge in [-0.3, -0.25) is 0 Å². The fraction of sp³-hybridized carbons (Fsp3) is 0.235. The van der Waals surface area contributed by atoms with Gasteiger partial charge in [0.05, 0.1) is 5.56 Å². The number of hydrogen-bond acceptors (Lipinski definition) is 1. The zero-order valence-electron chi connectivity index (χ0n) is 11.0. The van der Waals surface area contributed by atoms with E-state index in [1.54, 1.807) is 6.07 Å². The molecule has 1 saturated carbocycles. The number of hydrogen-bond donors (Lipinski definition) is 1. The quantitative estimate of drug-likeness (QED) is 0.851. The first kappa shape index (κ1) is 13.4. The van der Waals surface area contributed by atoms with Crippen LogP contribution in [0.25, 0.3) is 11.1 Å². The first-order chi connectivity index (χ1) is 9.66. The molecule has 0 saturated heterocycles. The lowest BCUT2D eigenvalue weighted by atomic mass is 9.77. The van der Waals surface area contributed by atoms with Crippen molar-refractivity contribution in [3.05, 3.63) is 58.1 Å². The van der Waals surface area contributed by atoms with Crippen molar-refractivity contribution in [1.29, 1.82) is 0 Å². The van der Waals surface area contributed by atoms with Gasteiger partial charge in [0, 0.05) is 4.47 Å². The molecule has 1 fully saturated rings. The second-order valence-electron chi connectivity index (χ2n) is 5.21. The van der Waals surface area contributed by atoms with Crippen molar-refractivity contribution in [2.45, 2.75) is 25.2 Å². The maximum Gasteiger partial charge on any atom is 0.336 e. The molecule has 0 spiro atoms. The van der Waals surface area contributed by atoms with Gasteiger partial charge in [-0.15, -0.1) is 0 Å². The minimum Gasteiger partial charge on any atom is -0.478 e. The third-order valence-corrected chi connectivity index (χ3v) is 4.50. The smallest absolute Gasteiger partial charge is 0.336 e. The summed E-state index contributed by atoms with van der Waals surface area (Å²) >= 11 is 3.35. The normalized spacial score (nSPS) is 14.8. The van der Waals surface area contributed by atoms with Crippen molar-refractivity contribution in [1.82, 2.24) is 0 Å². The van der Waals surface area contributed by atoms with Gasteiger partial charge in [0.25, 0.3) is 0 Å². The molecule has 0 aliphatic heterocycles. The van der Waals surface area contributed by atoms with Crippen LogP contribution in [0.4, 0.5) is 0 Å². The van der Waals surface area contributed by atoms with Crippen molar-refractivity contribution in [3.8, 4) is 11.1 Å². The van der Waals surface area contributed by atoms with Gasteiger partial charge in [-0.05, 0) is 47.6 Å². The lowest BCUT2D eigenvalue weighted by Gasteiger charge is -2.28. The minimum absolute atomic E-state index is 0.353. The van der Waals surface area contributed by atoms with Crippen molar-refractivity contribution in [2.75, 3.05) is 0 Å². The highest BCUT2D eigenvalue weighted by Crippen LogP contribution is 2.42. The molecule has 0 heterocycles. The number of halogens is 1. The molecule has 0 amide bonds. The summed E-state index contributed by atoms with van der Waals surface area (Å²) in [6.07, 6.45) is 3.68. The third kappa shape index (κ3) is 2.38. The molecule has 0 unspecified atom stereocenters. The van der Waals surface area contributed by atoms with Gasteiger partial charge < -0.3 is 5.11 Å². The van der Waals surface area contributed by atoms with Crippen LogP contribution in [0.3, 0.4) is 0 Å². The Labute approximate surface area is 126 Å². The van der Waals surface area contributed by atoms with Crippen molar-refractivity contribution in [3.63, 3.8) is 0 Å². The molecular formula is C17H15BrO2. The van der Waals surface area contributed by atoms with Crippen LogP contribution in [0.15, 0.2) is 46.9 Å². The van der Waals surface area contributed by atoms with Crippen LogP contribution in [-0.2, 0) is 0 Å². The molecule has 1 aliphatic rings. The van der Waals surface area contributed by atoms with E-state index in [1.165, 1.54) is 24.8 Å². The van der Waals surface area contributed by atoms with Gasteiger partial charge in [-0.1, -0.05) is 52.7 Å². The van der Waals surface area contributed by atoms with Crippen molar-refractivity contribution < 1.29 is 9.90 Å². The number of rotatable bonds is 3. The highest BCUT2D eigenvalue weighted by atomic mass is 79.9. The lowest BCUT2D eigenvalue weighted by Crippen LogP contribution is -2.10. The van der Waals surface area contributed by atoms with E-state index in [0.717, 1.165) is 15.6 Å². The zero-order chi connectivity index (χ0) is 14.1. The average molecular weight is 331 g/mol. The van der Waals surface area contributed by atoms with Gasteiger partial charge in [0.1, 0.15) is 0 Å². The minimum atomic E-state index is -0.885. The summed E-state index contributed by atoms with van der Waals surface area (Å²) in [5.41, 5.74) is 3.50. The van der Waals surface area contributed by atoms with Gasteiger partial charge in [-0.25, -0.2) is 4.79 Å². The molecule has 0 aromatic heterocycles. The summed E-state index contributed by atoms with van der Waals surface area (Å²) in [4.78, 5) is 11.5. The van der Waals surface area contributed by atoms with E-state index in [9.17, 15) is 9.90 Å². The van der Waals surface area contributed by atoms with Crippen molar-refractivity contribution in [2.24, 2.45) is 0 Å². The predicted molar refractivity (Wildman–Crippen MR) is 83.1 cm³/mol. The average Bonchev–Trinajstić information content (AvgIpc) is 2.37. The molecule has 0 atom stereocenters. The molecule has 1 N–H and O–H groups in total. The van der Waals surface area contributed by atoms with Gasteiger partial charge in [0.2, 0.25) is 0 Å². The molecule has 1 aliphatic carbocycles. The summed E-state index contributed by atoms with van der Waals surface area (Å²) in [5.74, 6) is -0.304. The van der Waals surface area contributed by atoms with Gasteiger partial charge in [-0.2, -0.15) is 0 Å². The fourth-order valence-electron chi connectivity index (χ4n) is 2.75. The first-order valence-electron chi connectivity index (χ1n) is 6.79. The Kier molecular flexibility index (Phi) is 3.62. The molecule has 2 aromatic carbocycles. The highest BCUT2D eigenvalue weighted by molar-refractivity contribution is 9.10. The van der Waals surface area contributed by atoms with Crippen LogP contribution in [-0.4, -0.2) is 11.1 Å². The molecular weight excluding hydrogens is 316 g/mol. The largest absolute Gasteiger partial charge is 0.478 e. The van der Waals surface area contributed by atoms with Crippen LogP contribution in [0.1, 0.15) is 41.1 Å². The Morgan fingerprint density at radius 3 is 2.50 bits per heavy atom. The molecule has 20 heavy (non-hydrogen) atoms. The second kappa shape index (κ2) is 5.41. The van der Waals surface area contributed by atoms with E-state index < -0.39 is 5.97 Å². The third-order valence-electron chi connectivity index (χ3n) is 4.01. The zero-order valence-corrected chi connectivity index (χ0v) is 12.6. The second-order valence-corrected chi connectivity index (χ2v) is 6.13. The van der Waals surface area contributed by atoms with Gasteiger partial charge in [0.15, 0.2) is 0 Å². The summed E-state index contributed by atoms with van der Waals surface area (Å²) in [5, 5.41) is 9.43. The Balaban J connectivity index is 2.16. The SMILES string of the molecule is O=C(O)c1cc(Br)ccc1-c1ccccc1C1CCC1. The van der Waals surface area contributed by atoms with E-state index in [4.69, 9.17) is 0 Å². The first-order valence-corrected chi connectivity index (χ1v) is 7.58. The van der Waals surface area contributed by atoms with Crippen LogP contribution < -0.4 is 0 Å². The van der Waals surface area contributed by atoms with Crippen molar-refractivity contribution >= 4 is 21.9 Å². The lowest BCUT2D eigenvalue weighted by molar-refractivity contribution is 0.0697. The molecule has 2 nitrogen and oxygen atoms in total. The summed E-state index contributed by atoms with van der Waals surface area (Å²) in [6, 6.07) is 13.7. The van der Waals surface area contributed by atoms with Gasteiger partial charge >= 0.3 is 5.97 Å². The van der Waals surface area contributed by atoms with E-state index in [-0.39, 0.29) is 0 Å². The van der Waals surface area contributed by atoms with Crippen LogP contribution in [0.2, 0.25) is 0 Å². The standard InChI is InChI=1S/C17H15BrO2/c18-12-8-9-15(16(10-12)17(19)20)14-7-2-1-6-13(14)11-4-3-5-11/h1-2,6-11H,3-5H2,(H,19,20). The Bertz CT molecular complexity index is 660. The number of benzene rings is 2. The molecule has 3 rings (SSSR count).